The van der Waals surface area contributed by atoms with Crippen molar-refractivity contribution in [3.63, 3.8) is 0 Å². The van der Waals surface area contributed by atoms with Crippen molar-refractivity contribution < 1.29 is 9.59 Å². The Morgan fingerprint density at radius 1 is 1.19 bits per heavy atom. The number of hydrogen-bond donors (Lipinski definition) is 1. The van der Waals surface area contributed by atoms with Gasteiger partial charge in [-0.15, -0.1) is 11.3 Å². The standard InChI is InChI=1S/C19H18N4O3S/c20-18(25)17-12-5-1-2-6-13(12)19(26)23(21-17)11-16(24)22-9-3-7-14(22)15-8-4-10-27-15/h1-2,4-6,8,10,14H,3,7,9,11H2,(H2,20,25)/t14-/m0/s1. The lowest BCUT2D eigenvalue weighted by Gasteiger charge is -2.24. The second kappa shape index (κ2) is 6.96. The van der Waals surface area contributed by atoms with Gasteiger partial charge in [-0.2, -0.15) is 5.10 Å². The average molecular weight is 382 g/mol. The lowest BCUT2D eigenvalue weighted by atomic mass is 10.1. The maximum atomic E-state index is 12.9. The fraction of sp³-hybridized carbons (Fsp3) is 0.263. The number of primary amides is 1. The summed E-state index contributed by atoms with van der Waals surface area (Å²) in [6, 6.07) is 10.7. The van der Waals surface area contributed by atoms with Crippen LogP contribution in [0.3, 0.4) is 0 Å². The van der Waals surface area contributed by atoms with Gasteiger partial charge in [0.2, 0.25) is 5.91 Å². The van der Waals surface area contributed by atoms with Crippen molar-refractivity contribution in [2.75, 3.05) is 6.54 Å². The number of likely N-dealkylation sites (tertiary alicyclic amines) is 1. The van der Waals surface area contributed by atoms with Gasteiger partial charge in [0, 0.05) is 16.8 Å². The molecule has 1 atom stereocenters. The van der Waals surface area contributed by atoms with Crippen molar-refractivity contribution in [3.05, 3.63) is 62.7 Å². The SMILES string of the molecule is NC(=O)c1nn(CC(=O)N2CCC[C@H]2c2cccs2)c(=O)c2ccccc12. The largest absolute Gasteiger partial charge is 0.364 e. The van der Waals surface area contributed by atoms with Crippen LogP contribution in [0, 0.1) is 0 Å². The van der Waals surface area contributed by atoms with Crippen LogP contribution in [0.4, 0.5) is 0 Å². The number of aromatic nitrogens is 2. The van der Waals surface area contributed by atoms with E-state index in [1.807, 2.05) is 17.5 Å². The molecule has 0 spiro atoms. The first kappa shape index (κ1) is 17.4. The van der Waals surface area contributed by atoms with Crippen LogP contribution in [0.15, 0.2) is 46.6 Å². The molecule has 2 amide bonds. The zero-order valence-corrected chi connectivity index (χ0v) is 15.3. The van der Waals surface area contributed by atoms with Gasteiger partial charge in [-0.25, -0.2) is 4.68 Å². The van der Waals surface area contributed by atoms with E-state index in [2.05, 4.69) is 5.10 Å². The number of hydrogen-bond acceptors (Lipinski definition) is 5. The lowest BCUT2D eigenvalue weighted by Crippen LogP contribution is -2.37. The Morgan fingerprint density at radius 3 is 2.67 bits per heavy atom. The molecule has 0 saturated carbocycles. The fourth-order valence-corrected chi connectivity index (χ4v) is 4.46. The van der Waals surface area contributed by atoms with Crippen molar-refractivity contribution in [3.8, 4) is 0 Å². The Bertz CT molecular complexity index is 1070. The number of carbonyl (C=O) groups excluding carboxylic acids is 2. The van der Waals surface area contributed by atoms with Crippen molar-refractivity contribution >= 4 is 33.9 Å². The number of carbonyl (C=O) groups is 2. The predicted octanol–water partition coefficient (Wildman–Crippen LogP) is 1.92. The Kier molecular flexibility index (Phi) is 4.49. The van der Waals surface area contributed by atoms with Crippen LogP contribution in [0.5, 0.6) is 0 Å². The molecule has 1 aromatic carbocycles. The highest BCUT2D eigenvalue weighted by Crippen LogP contribution is 2.34. The van der Waals surface area contributed by atoms with Crippen LogP contribution in [0.2, 0.25) is 0 Å². The summed E-state index contributed by atoms with van der Waals surface area (Å²) >= 11 is 1.62. The Hall–Kier alpha value is -3.00. The highest BCUT2D eigenvalue weighted by Gasteiger charge is 2.31. The van der Waals surface area contributed by atoms with Gasteiger partial charge < -0.3 is 10.6 Å². The molecule has 1 aliphatic rings. The molecule has 4 rings (SSSR count). The second-order valence-electron chi connectivity index (χ2n) is 6.48. The maximum absolute atomic E-state index is 12.9. The number of benzene rings is 1. The third kappa shape index (κ3) is 3.12. The van der Waals surface area contributed by atoms with Gasteiger partial charge in [-0.05, 0) is 30.4 Å². The minimum atomic E-state index is -0.731. The second-order valence-corrected chi connectivity index (χ2v) is 7.46. The first-order valence-corrected chi connectivity index (χ1v) is 9.57. The average Bonchev–Trinajstić information content (AvgIpc) is 3.35. The topological polar surface area (TPSA) is 98.3 Å². The molecule has 0 unspecified atom stereocenters. The monoisotopic (exact) mass is 382 g/mol. The molecule has 0 bridgehead atoms. The zero-order valence-electron chi connectivity index (χ0n) is 14.5. The summed E-state index contributed by atoms with van der Waals surface area (Å²) in [7, 11) is 0. The Morgan fingerprint density at radius 2 is 1.96 bits per heavy atom. The van der Waals surface area contributed by atoms with Crippen LogP contribution in [-0.4, -0.2) is 33.0 Å². The third-order valence-corrected chi connectivity index (χ3v) is 5.80. The summed E-state index contributed by atoms with van der Waals surface area (Å²) in [5, 5.41) is 6.80. The molecule has 138 valence electrons. The van der Waals surface area contributed by atoms with E-state index < -0.39 is 11.5 Å². The minimum absolute atomic E-state index is 0.00534. The molecule has 8 heteroatoms. The molecule has 3 aromatic rings. The van der Waals surface area contributed by atoms with Gasteiger partial charge >= 0.3 is 0 Å². The third-order valence-electron chi connectivity index (χ3n) is 4.83. The summed E-state index contributed by atoms with van der Waals surface area (Å²) in [5.74, 6) is -0.920. The first-order valence-electron chi connectivity index (χ1n) is 8.69. The molecule has 1 aliphatic heterocycles. The molecular weight excluding hydrogens is 364 g/mol. The van der Waals surface area contributed by atoms with E-state index in [9.17, 15) is 14.4 Å². The lowest BCUT2D eigenvalue weighted by molar-refractivity contribution is -0.133. The predicted molar refractivity (Wildman–Crippen MR) is 103 cm³/mol. The van der Waals surface area contributed by atoms with E-state index >= 15 is 0 Å². The molecule has 0 radical (unpaired) electrons. The van der Waals surface area contributed by atoms with Crippen molar-refractivity contribution in [2.24, 2.45) is 5.73 Å². The number of nitrogens with two attached hydrogens (primary N) is 1. The number of rotatable bonds is 4. The number of amides is 2. The molecule has 27 heavy (non-hydrogen) atoms. The first-order chi connectivity index (χ1) is 13.1. The van der Waals surface area contributed by atoms with E-state index in [1.54, 1.807) is 40.5 Å². The maximum Gasteiger partial charge on any atom is 0.275 e. The minimum Gasteiger partial charge on any atom is -0.364 e. The highest BCUT2D eigenvalue weighted by atomic mass is 32.1. The Balaban J connectivity index is 1.69. The number of nitrogens with zero attached hydrogens (tertiary/aromatic N) is 3. The van der Waals surface area contributed by atoms with Crippen molar-refractivity contribution in [2.45, 2.75) is 25.4 Å². The quantitative estimate of drug-likeness (QED) is 0.745. The molecule has 1 saturated heterocycles. The summed E-state index contributed by atoms with van der Waals surface area (Å²) in [5.41, 5.74) is 5.02. The smallest absolute Gasteiger partial charge is 0.275 e. The molecule has 1 fully saturated rings. The van der Waals surface area contributed by atoms with Gasteiger partial charge in [0.25, 0.3) is 11.5 Å². The fourth-order valence-electron chi connectivity index (χ4n) is 3.59. The molecule has 2 aromatic heterocycles. The molecule has 2 N–H and O–H groups in total. The van der Waals surface area contributed by atoms with Crippen LogP contribution in [0.25, 0.3) is 10.8 Å². The number of thiophene rings is 1. The van der Waals surface area contributed by atoms with Crippen LogP contribution < -0.4 is 11.3 Å². The van der Waals surface area contributed by atoms with Gasteiger partial charge in [-0.1, -0.05) is 24.3 Å². The highest BCUT2D eigenvalue weighted by molar-refractivity contribution is 7.10. The normalized spacial score (nSPS) is 16.7. The van der Waals surface area contributed by atoms with E-state index in [1.165, 1.54) is 0 Å². The molecule has 7 nitrogen and oxygen atoms in total. The summed E-state index contributed by atoms with van der Waals surface area (Å²) in [6.45, 7) is 0.429. The summed E-state index contributed by atoms with van der Waals surface area (Å²) in [6.07, 6.45) is 1.82. The van der Waals surface area contributed by atoms with E-state index in [4.69, 9.17) is 5.73 Å². The number of fused-ring (bicyclic) bond motifs is 1. The van der Waals surface area contributed by atoms with E-state index in [-0.39, 0.29) is 24.2 Å². The van der Waals surface area contributed by atoms with E-state index in [0.717, 1.165) is 22.4 Å². The van der Waals surface area contributed by atoms with Gasteiger partial charge in [-0.3, -0.25) is 14.4 Å². The van der Waals surface area contributed by atoms with Crippen LogP contribution >= 0.6 is 11.3 Å². The van der Waals surface area contributed by atoms with Gasteiger partial charge in [0.05, 0.1) is 11.4 Å². The van der Waals surface area contributed by atoms with Gasteiger partial charge in [0.1, 0.15) is 6.54 Å². The zero-order chi connectivity index (χ0) is 19.0. The van der Waals surface area contributed by atoms with Gasteiger partial charge in [0.15, 0.2) is 5.69 Å². The van der Waals surface area contributed by atoms with Crippen LogP contribution in [-0.2, 0) is 11.3 Å². The van der Waals surface area contributed by atoms with E-state index in [0.29, 0.717) is 17.3 Å². The summed E-state index contributed by atoms with van der Waals surface area (Å²) < 4.78 is 1.05. The van der Waals surface area contributed by atoms with Crippen LogP contribution in [0.1, 0.15) is 34.2 Å². The molecule has 3 heterocycles. The Labute approximate surface area is 159 Å². The molecule has 0 aliphatic carbocycles. The van der Waals surface area contributed by atoms with Crippen molar-refractivity contribution in [1.29, 1.82) is 0 Å². The summed E-state index contributed by atoms with van der Waals surface area (Å²) in [4.78, 5) is 40.4. The molecular formula is C19H18N4O3S. The van der Waals surface area contributed by atoms with Crippen molar-refractivity contribution in [1.82, 2.24) is 14.7 Å².